The second kappa shape index (κ2) is 6.97. The van der Waals surface area contributed by atoms with Crippen LogP contribution < -0.4 is 10.3 Å². The van der Waals surface area contributed by atoms with Crippen molar-refractivity contribution in [3.05, 3.63) is 89.6 Å². The first-order valence-corrected chi connectivity index (χ1v) is 9.34. The topological polar surface area (TPSA) is 85.7 Å². The van der Waals surface area contributed by atoms with E-state index in [1.54, 1.807) is 18.5 Å². The first-order chi connectivity index (χ1) is 14.6. The van der Waals surface area contributed by atoms with E-state index in [0.29, 0.717) is 16.7 Å². The Hall–Kier alpha value is -4.26. The van der Waals surface area contributed by atoms with Gasteiger partial charge < -0.3 is 4.74 Å². The Balaban J connectivity index is 1.50. The number of allylic oxidation sites excluding steroid dienone is 1. The van der Waals surface area contributed by atoms with Crippen LogP contribution in [-0.4, -0.2) is 24.7 Å². The third-order valence-corrected chi connectivity index (χ3v) is 4.82. The van der Waals surface area contributed by atoms with Crippen LogP contribution in [0, 0.1) is 0 Å². The van der Waals surface area contributed by atoms with Crippen molar-refractivity contribution in [2.24, 2.45) is 0 Å². The number of fused-ring (bicyclic) bond motifs is 2. The van der Waals surface area contributed by atoms with E-state index in [4.69, 9.17) is 4.74 Å². The maximum Gasteiger partial charge on any atom is 0.302 e. The smallest absolute Gasteiger partial charge is 0.302 e. The molecule has 30 heavy (non-hydrogen) atoms. The molecule has 0 spiro atoms. The first-order valence-electron chi connectivity index (χ1n) is 9.34. The van der Waals surface area contributed by atoms with Crippen molar-refractivity contribution in [1.82, 2.24) is 24.7 Å². The van der Waals surface area contributed by atoms with Crippen molar-refractivity contribution in [3.8, 4) is 17.4 Å². The monoisotopic (exact) mass is 395 g/mol. The number of H-pyrrole nitrogens is 1. The van der Waals surface area contributed by atoms with Gasteiger partial charge in [-0.05, 0) is 48.9 Å². The van der Waals surface area contributed by atoms with Crippen molar-refractivity contribution in [3.63, 3.8) is 0 Å². The molecule has 0 aliphatic rings. The fourth-order valence-electron chi connectivity index (χ4n) is 3.31. The molecule has 0 saturated heterocycles. The molecule has 0 unspecified atom stereocenters. The Labute approximate surface area is 171 Å². The van der Waals surface area contributed by atoms with E-state index in [2.05, 4.69) is 32.7 Å². The Morgan fingerprint density at radius 3 is 2.90 bits per heavy atom. The molecule has 0 bridgehead atoms. The zero-order valence-corrected chi connectivity index (χ0v) is 16.2. The van der Waals surface area contributed by atoms with Gasteiger partial charge in [0.15, 0.2) is 0 Å². The Bertz CT molecular complexity index is 1480. The lowest BCUT2D eigenvalue weighted by Crippen LogP contribution is -2.09. The molecule has 0 radical (unpaired) electrons. The molecule has 3 heterocycles. The van der Waals surface area contributed by atoms with Gasteiger partial charge in [0.2, 0.25) is 0 Å². The summed E-state index contributed by atoms with van der Waals surface area (Å²) in [4.78, 5) is 23.2. The van der Waals surface area contributed by atoms with Crippen LogP contribution in [-0.2, 0) is 0 Å². The minimum absolute atomic E-state index is 0.112. The van der Waals surface area contributed by atoms with Gasteiger partial charge in [-0.3, -0.25) is 14.8 Å². The minimum atomic E-state index is -0.274. The quantitative estimate of drug-likeness (QED) is 0.485. The number of aromatic amines is 1. The molecule has 7 nitrogen and oxygen atoms in total. The van der Waals surface area contributed by atoms with Gasteiger partial charge in [-0.15, -0.1) is 0 Å². The molecule has 2 aromatic carbocycles. The summed E-state index contributed by atoms with van der Waals surface area (Å²) in [7, 11) is 0. The number of hydrogen-bond donors (Lipinski definition) is 1. The molecular formula is C23H17N5O2. The van der Waals surface area contributed by atoms with Gasteiger partial charge in [0.05, 0.1) is 34.5 Å². The molecule has 5 rings (SSSR count). The fourth-order valence-corrected chi connectivity index (χ4v) is 3.31. The van der Waals surface area contributed by atoms with Crippen molar-refractivity contribution < 1.29 is 4.74 Å². The van der Waals surface area contributed by atoms with E-state index in [1.165, 1.54) is 6.20 Å². The van der Waals surface area contributed by atoms with Crippen LogP contribution in [0.2, 0.25) is 0 Å². The van der Waals surface area contributed by atoms with E-state index < -0.39 is 0 Å². The zero-order valence-electron chi connectivity index (χ0n) is 16.2. The number of pyridine rings is 1. The van der Waals surface area contributed by atoms with Crippen LogP contribution in [0.5, 0.6) is 11.8 Å². The number of rotatable bonds is 4. The van der Waals surface area contributed by atoms with Crippen molar-refractivity contribution in [2.45, 2.75) is 6.92 Å². The highest BCUT2D eigenvalue weighted by Crippen LogP contribution is 2.26. The lowest BCUT2D eigenvalue weighted by Gasteiger charge is -2.08. The van der Waals surface area contributed by atoms with Crippen LogP contribution in [0.25, 0.3) is 33.1 Å². The van der Waals surface area contributed by atoms with E-state index in [9.17, 15) is 4.79 Å². The third-order valence-electron chi connectivity index (χ3n) is 4.82. The molecule has 0 fully saturated rings. The lowest BCUT2D eigenvalue weighted by atomic mass is 10.1. The molecular weight excluding hydrogens is 378 g/mol. The Morgan fingerprint density at radius 2 is 2.03 bits per heavy atom. The maximum absolute atomic E-state index is 12.2. The van der Waals surface area contributed by atoms with Gasteiger partial charge in [-0.1, -0.05) is 24.3 Å². The van der Waals surface area contributed by atoms with Crippen LogP contribution in [0.3, 0.4) is 0 Å². The number of aromatic nitrogens is 5. The molecule has 1 N–H and O–H groups in total. The molecule has 146 valence electrons. The number of nitrogens with one attached hydrogen (secondary N) is 1. The molecule has 0 aliphatic heterocycles. The lowest BCUT2D eigenvalue weighted by molar-refractivity contribution is 0.443. The second-order valence-electron chi connectivity index (χ2n) is 6.97. The number of hydrogen-bond acceptors (Lipinski definition) is 5. The van der Waals surface area contributed by atoms with Gasteiger partial charge in [-0.2, -0.15) is 10.1 Å². The van der Waals surface area contributed by atoms with Gasteiger partial charge >= 0.3 is 6.01 Å². The van der Waals surface area contributed by atoms with Gasteiger partial charge in [-0.25, -0.2) is 4.68 Å². The Kier molecular flexibility index (Phi) is 4.14. The minimum Gasteiger partial charge on any atom is -0.426 e. The number of benzene rings is 2. The highest BCUT2D eigenvalue weighted by Gasteiger charge is 2.10. The summed E-state index contributed by atoms with van der Waals surface area (Å²) in [5.41, 5.74) is 4.15. The molecule has 7 heteroatoms. The van der Waals surface area contributed by atoms with Gasteiger partial charge in [0.1, 0.15) is 5.75 Å². The van der Waals surface area contributed by atoms with Crippen molar-refractivity contribution in [2.75, 3.05) is 0 Å². The van der Waals surface area contributed by atoms with Crippen LogP contribution in [0.15, 0.2) is 78.5 Å². The summed E-state index contributed by atoms with van der Waals surface area (Å²) < 4.78 is 7.67. The SMILES string of the molecule is C=C(C)c1cccc(-n2ncc3cc(Oc4nc5cnccc5c(=O)[nH]4)ccc32)c1. The summed E-state index contributed by atoms with van der Waals surface area (Å²) in [6, 6.07) is 15.4. The van der Waals surface area contributed by atoms with Gasteiger partial charge in [0, 0.05) is 11.6 Å². The summed E-state index contributed by atoms with van der Waals surface area (Å²) >= 11 is 0. The number of nitrogens with zero attached hydrogens (tertiary/aromatic N) is 4. The molecule has 0 amide bonds. The summed E-state index contributed by atoms with van der Waals surface area (Å²) in [5, 5.41) is 5.88. The summed E-state index contributed by atoms with van der Waals surface area (Å²) in [6.45, 7) is 5.98. The normalized spacial score (nSPS) is 11.1. The number of ether oxygens (including phenoxy) is 1. The fraction of sp³-hybridized carbons (Fsp3) is 0.0435. The van der Waals surface area contributed by atoms with Crippen molar-refractivity contribution in [1.29, 1.82) is 0 Å². The predicted molar refractivity (Wildman–Crippen MR) is 116 cm³/mol. The molecule has 0 aliphatic carbocycles. The van der Waals surface area contributed by atoms with Crippen LogP contribution in [0.1, 0.15) is 12.5 Å². The first kappa shape index (κ1) is 17.8. The highest BCUT2D eigenvalue weighted by molar-refractivity contribution is 5.82. The Morgan fingerprint density at radius 1 is 1.13 bits per heavy atom. The average Bonchev–Trinajstić information content (AvgIpc) is 3.17. The molecule has 3 aromatic heterocycles. The summed E-state index contributed by atoms with van der Waals surface area (Å²) in [6.07, 6.45) is 4.86. The zero-order chi connectivity index (χ0) is 20.7. The van der Waals surface area contributed by atoms with E-state index in [1.807, 2.05) is 48.0 Å². The van der Waals surface area contributed by atoms with E-state index >= 15 is 0 Å². The maximum atomic E-state index is 12.2. The largest absolute Gasteiger partial charge is 0.426 e. The van der Waals surface area contributed by atoms with Gasteiger partial charge in [0.25, 0.3) is 5.56 Å². The average molecular weight is 395 g/mol. The predicted octanol–water partition coefficient (Wildman–Crippen LogP) is 4.48. The molecule has 0 atom stereocenters. The summed E-state index contributed by atoms with van der Waals surface area (Å²) in [5.74, 6) is 0.545. The van der Waals surface area contributed by atoms with Crippen molar-refractivity contribution >= 4 is 27.4 Å². The van der Waals surface area contributed by atoms with E-state index in [-0.39, 0.29) is 11.6 Å². The molecule has 5 aromatic rings. The van der Waals surface area contributed by atoms with Crippen LogP contribution >= 0.6 is 0 Å². The standard InChI is InChI=1S/C23H17N5O2/c1-14(2)15-4-3-5-17(10-15)28-21-7-6-18(11-16(21)12-25-28)30-23-26-20-13-24-9-8-19(20)22(29)27-23/h3-13H,1H2,2H3,(H,26,27,29). The van der Waals surface area contributed by atoms with Crippen LogP contribution in [0.4, 0.5) is 0 Å². The highest BCUT2D eigenvalue weighted by atomic mass is 16.5. The second-order valence-corrected chi connectivity index (χ2v) is 6.97. The molecule has 0 saturated carbocycles. The van der Waals surface area contributed by atoms with E-state index in [0.717, 1.165) is 27.7 Å². The third kappa shape index (κ3) is 3.12.